The zero-order valence-electron chi connectivity index (χ0n) is 17.7. The van der Waals surface area contributed by atoms with Crippen LogP contribution >= 0.6 is 0 Å². The molecular weight excluding hydrogens is 408 g/mol. The lowest BCUT2D eigenvalue weighted by molar-refractivity contribution is -0.160. The minimum atomic E-state index is -0.802. The van der Waals surface area contributed by atoms with E-state index in [9.17, 15) is 9.59 Å². The molecule has 166 valence electrons. The Labute approximate surface area is 186 Å². The molecule has 0 aromatic heterocycles. The van der Waals surface area contributed by atoms with E-state index in [4.69, 9.17) is 15.0 Å². The van der Waals surface area contributed by atoms with Crippen LogP contribution in [-0.2, 0) is 27.4 Å². The molecule has 3 atom stereocenters. The molecule has 1 unspecified atom stereocenters. The molecule has 1 amide bonds. The maximum Gasteiger partial charge on any atom is 0.410 e. The summed E-state index contributed by atoms with van der Waals surface area (Å²) >= 11 is 0. The predicted molar refractivity (Wildman–Crippen MR) is 117 cm³/mol. The SMILES string of the molecule is [N-]=[N+]=NC1CC[C@@H]([C@@H](C2CC2)N(Cc2ccccc2)C(=O)OCc2ccccc2)OC1=O. The van der Waals surface area contributed by atoms with Gasteiger partial charge in [-0.15, -0.1) is 0 Å². The number of cyclic esters (lactones) is 1. The van der Waals surface area contributed by atoms with Gasteiger partial charge in [-0.25, -0.2) is 4.79 Å². The molecule has 2 aromatic carbocycles. The summed E-state index contributed by atoms with van der Waals surface area (Å²) in [6, 6.07) is 18.2. The smallest absolute Gasteiger partial charge is 0.410 e. The normalized spacial score (nSPS) is 21.1. The van der Waals surface area contributed by atoms with E-state index in [0.29, 0.717) is 19.4 Å². The number of nitrogens with zero attached hydrogens (tertiary/aromatic N) is 4. The number of amides is 1. The van der Waals surface area contributed by atoms with Gasteiger partial charge in [-0.2, -0.15) is 0 Å². The van der Waals surface area contributed by atoms with Crippen LogP contribution in [0.1, 0.15) is 36.8 Å². The van der Waals surface area contributed by atoms with Gasteiger partial charge in [0.15, 0.2) is 0 Å². The first kappa shape index (κ1) is 21.7. The summed E-state index contributed by atoms with van der Waals surface area (Å²) in [5.74, 6) is -0.279. The third-order valence-electron chi connectivity index (χ3n) is 5.94. The van der Waals surface area contributed by atoms with Crippen molar-refractivity contribution < 1.29 is 19.1 Å². The fourth-order valence-corrected chi connectivity index (χ4v) is 4.20. The molecule has 32 heavy (non-hydrogen) atoms. The highest BCUT2D eigenvalue weighted by atomic mass is 16.6. The average molecular weight is 434 g/mol. The van der Waals surface area contributed by atoms with E-state index in [0.717, 1.165) is 24.0 Å². The molecule has 0 spiro atoms. The first-order chi connectivity index (χ1) is 15.7. The lowest BCUT2D eigenvalue weighted by Crippen LogP contribution is -2.52. The lowest BCUT2D eigenvalue weighted by atomic mass is 9.94. The van der Waals surface area contributed by atoms with Gasteiger partial charge in [0.2, 0.25) is 0 Å². The lowest BCUT2D eigenvalue weighted by Gasteiger charge is -2.38. The van der Waals surface area contributed by atoms with Crippen LogP contribution in [0.5, 0.6) is 0 Å². The van der Waals surface area contributed by atoms with E-state index >= 15 is 0 Å². The van der Waals surface area contributed by atoms with E-state index in [1.54, 1.807) is 4.90 Å². The Bertz CT molecular complexity index is 974. The maximum atomic E-state index is 13.3. The van der Waals surface area contributed by atoms with Crippen molar-refractivity contribution in [2.24, 2.45) is 11.0 Å². The number of azide groups is 1. The Kier molecular flexibility index (Phi) is 6.92. The number of carbonyl (C=O) groups is 2. The first-order valence-electron chi connectivity index (χ1n) is 10.9. The van der Waals surface area contributed by atoms with Crippen molar-refractivity contribution >= 4 is 12.1 Å². The van der Waals surface area contributed by atoms with Crippen LogP contribution in [0.25, 0.3) is 10.4 Å². The van der Waals surface area contributed by atoms with Crippen LogP contribution in [0.4, 0.5) is 4.79 Å². The molecule has 0 N–H and O–H groups in total. The van der Waals surface area contributed by atoms with E-state index in [1.165, 1.54) is 0 Å². The third-order valence-corrected chi connectivity index (χ3v) is 5.94. The number of carbonyl (C=O) groups excluding carboxylic acids is 2. The molecule has 2 fully saturated rings. The highest BCUT2D eigenvalue weighted by Crippen LogP contribution is 2.41. The van der Waals surface area contributed by atoms with Crippen molar-refractivity contribution in [1.82, 2.24) is 4.90 Å². The molecule has 0 bridgehead atoms. The average Bonchev–Trinajstić information content (AvgIpc) is 3.65. The monoisotopic (exact) mass is 434 g/mol. The Balaban J connectivity index is 1.54. The molecule has 2 aliphatic rings. The fraction of sp³-hybridized carbons (Fsp3) is 0.417. The zero-order valence-corrected chi connectivity index (χ0v) is 17.7. The van der Waals surface area contributed by atoms with Gasteiger partial charge in [0.25, 0.3) is 0 Å². The summed E-state index contributed by atoms with van der Waals surface area (Å²) in [7, 11) is 0. The Morgan fingerprint density at radius 2 is 1.72 bits per heavy atom. The van der Waals surface area contributed by atoms with Crippen LogP contribution in [0.3, 0.4) is 0 Å². The largest absolute Gasteiger partial charge is 0.460 e. The molecule has 1 aliphatic heterocycles. The number of rotatable bonds is 8. The zero-order chi connectivity index (χ0) is 22.3. The van der Waals surface area contributed by atoms with Crippen LogP contribution in [0.2, 0.25) is 0 Å². The molecular formula is C24H26N4O4. The van der Waals surface area contributed by atoms with Crippen LogP contribution in [0.15, 0.2) is 65.8 Å². The molecule has 1 heterocycles. The molecule has 4 rings (SSSR count). The Morgan fingerprint density at radius 1 is 1.06 bits per heavy atom. The molecule has 1 aliphatic carbocycles. The van der Waals surface area contributed by atoms with E-state index in [1.807, 2.05) is 60.7 Å². The minimum Gasteiger partial charge on any atom is -0.460 e. The van der Waals surface area contributed by atoms with Gasteiger partial charge in [0, 0.05) is 11.5 Å². The third kappa shape index (κ3) is 5.39. The second-order valence-electron chi connectivity index (χ2n) is 8.26. The van der Waals surface area contributed by atoms with Gasteiger partial charge in [-0.05, 0) is 48.3 Å². The van der Waals surface area contributed by atoms with Gasteiger partial charge in [0.05, 0.1) is 6.04 Å². The summed E-state index contributed by atoms with van der Waals surface area (Å²) in [5.41, 5.74) is 10.6. The van der Waals surface area contributed by atoms with Crippen LogP contribution < -0.4 is 0 Å². The molecule has 8 nitrogen and oxygen atoms in total. The molecule has 2 aromatic rings. The summed E-state index contributed by atoms with van der Waals surface area (Å²) in [4.78, 5) is 30.1. The van der Waals surface area contributed by atoms with Crippen molar-refractivity contribution in [3.8, 4) is 0 Å². The Hall–Kier alpha value is -3.51. The van der Waals surface area contributed by atoms with Gasteiger partial charge >= 0.3 is 12.1 Å². The fourth-order valence-electron chi connectivity index (χ4n) is 4.20. The van der Waals surface area contributed by atoms with Gasteiger partial charge in [-0.1, -0.05) is 65.8 Å². The van der Waals surface area contributed by atoms with Crippen molar-refractivity contribution in [2.45, 2.75) is 57.0 Å². The predicted octanol–water partition coefficient (Wildman–Crippen LogP) is 4.99. The van der Waals surface area contributed by atoms with Crippen LogP contribution in [-0.4, -0.2) is 35.2 Å². The minimum absolute atomic E-state index is 0.172. The van der Waals surface area contributed by atoms with E-state index in [2.05, 4.69) is 10.0 Å². The second kappa shape index (κ2) is 10.2. The van der Waals surface area contributed by atoms with Crippen molar-refractivity contribution in [1.29, 1.82) is 0 Å². The molecule has 1 saturated carbocycles. The van der Waals surface area contributed by atoms with Gasteiger partial charge in [-0.3, -0.25) is 9.69 Å². The number of hydrogen-bond donors (Lipinski definition) is 0. The van der Waals surface area contributed by atoms with Crippen molar-refractivity contribution in [3.63, 3.8) is 0 Å². The first-order valence-corrected chi connectivity index (χ1v) is 10.9. The standard InChI is InChI=1S/C24H26N4O4/c25-27-26-20-13-14-21(32-23(20)29)22(19-11-12-19)28(15-17-7-3-1-4-8-17)24(30)31-16-18-9-5-2-6-10-18/h1-10,19-22H,11-16H2/t20?,21-,22+/m0/s1. The van der Waals surface area contributed by atoms with E-state index in [-0.39, 0.29) is 18.6 Å². The molecule has 8 heteroatoms. The molecule has 1 saturated heterocycles. The van der Waals surface area contributed by atoms with Crippen LogP contribution in [0, 0.1) is 5.92 Å². The number of benzene rings is 2. The quantitative estimate of drug-likeness (QED) is 0.253. The van der Waals surface area contributed by atoms with Gasteiger partial charge in [0.1, 0.15) is 18.8 Å². The summed E-state index contributed by atoms with van der Waals surface area (Å²) in [6.45, 7) is 0.537. The topological polar surface area (TPSA) is 105 Å². The van der Waals surface area contributed by atoms with Gasteiger partial charge < -0.3 is 9.47 Å². The number of hydrogen-bond acceptors (Lipinski definition) is 5. The highest BCUT2D eigenvalue weighted by molar-refractivity contribution is 5.77. The summed E-state index contributed by atoms with van der Waals surface area (Å²) < 4.78 is 11.4. The van der Waals surface area contributed by atoms with Crippen molar-refractivity contribution in [2.75, 3.05) is 0 Å². The summed E-state index contributed by atoms with van der Waals surface area (Å²) in [6.07, 6.45) is 2.00. The van der Waals surface area contributed by atoms with E-state index < -0.39 is 24.2 Å². The number of ether oxygens (including phenoxy) is 2. The Morgan fingerprint density at radius 3 is 2.31 bits per heavy atom. The highest BCUT2D eigenvalue weighted by Gasteiger charge is 2.46. The second-order valence-corrected chi connectivity index (χ2v) is 8.26. The summed E-state index contributed by atoms with van der Waals surface area (Å²) in [5, 5.41) is 3.53. The van der Waals surface area contributed by atoms with Crippen molar-refractivity contribution in [3.05, 3.63) is 82.2 Å². The molecule has 0 radical (unpaired) electrons. The number of esters is 1. The maximum absolute atomic E-state index is 13.3.